The highest BCUT2D eigenvalue weighted by Crippen LogP contribution is 2.20. The molecular formula is C12H18N4O2. The van der Waals surface area contributed by atoms with E-state index < -0.39 is 0 Å². The third-order valence-electron chi connectivity index (χ3n) is 3.29. The van der Waals surface area contributed by atoms with Crippen molar-refractivity contribution >= 4 is 5.91 Å². The van der Waals surface area contributed by atoms with Crippen molar-refractivity contribution in [1.82, 2.24) is 15.1 Å². The number of hydrogen-bond acceptors (Lipinski definition) is 4. The predicted octanol–water partition coefficient (Wildman–Crippen LogP) is 0.113. The Morgan fingerprint density at radius 3 is 3.00 bits per heavy atom. The summed E-state index contributed by atoms with van der Waals surface area (Å²) in [7, 11) is 0. The Morgan fingerprint density at radius 1 is 1.50 bits per heavy atom. The summed E-state index contributed by atoms with van der Waals surface area (Å²) in [4.78, 5) is 25.1. The fourth-order valence-corrected chi connectivity index (χ4v) is 2.37. The number of nitrogens with one attached hydrogen (secondary N) is 1. The fraction of sp³-hybridized carbons (Fsp3) is 0.583. The molecule has 1 saturated heterocycles. The average molecular weight is 250 g/mol. The molecule has 0 saturated carbocycles. The number of carbonyl (C=O) groups is 1. The number of piperidine rings is 1. The molecule has 0 aliphatic carbocycles. The molecule has 1 aliphatic rings. The first kappa shape index (κ1) is 12.8. The zero-order valence-electron chi connectivity index (χ0n) is 10.3. The Balaban J connectivity index is 2.15. The maximum Gasteiger partial charge on any atom is 0.274 e. The van der Waals surface area contributed by atoms with Crippen LogP contribution in [-0.4, -0.2) is 40.1 Å². The topological polar surface area (TPSA) is 92.1 Å². The van der Waals surface area contributed by atoms with Crippen molar-refractivity contribution in [1.29, 1.82) is 0 Å². The van der Waals surface area contributed by atoms with Crippen LogP contribution in [0.5, 0.6) is 0 Å². The van der Waals surface area contributed by atoms with Crippen molar-refractivity contribution in [3.05, 3.63) is 28.2 Å². The highest BCUT2D eigenvalue weighted by atomic mass is 16.2. The third kappa shape index (κ3) is 2.76. The Bertz CT molecular complexity index is 449. The summed E-state index contributed by atoms with van der Waals surface area (Å²) in [6.07, 6.45) is 3.95. The van der Waals surface area contributed by atoms with E-state index >= 15 is 0 Å². The summed E-state index contributed by atoms with van der Waals surface area (Å²) < 4.78 is 0. The van der Waals surface area contributed by atoms with E-state index in [-0.39, 0.29) is 17.5 Å². The van der Waals surface area contributed by atoms with Crippen LogP contribution in [0.25, 0.3) is 0 Å². The molecular weight excluding hydrogens is 232 g/mol. The summed E-state index contributed by atoms with van der Waals surface area (Å²) >= 11 is 0. The van der Waals surface area contributed by atoms with Gasteiger partial charge in [0, 0.05) is 18.7 Å². The van der Waals surface area contributed by atoms with E-state index in [9.17, 15) is 9.59 Å². The van der Waals surface area contributed by atoms with Crippen LogP contribution in [0.15, 0.2) is 16.9 Å². The highest BCUT2D eigenvalue weighted by molar-refractivity contribution is 5.92. The Kier molecular flexibility index (Phi) is 4.09. The van der Waals surface area contributed by atoms with Gasteiger partial charge in [0.25, 0.3) is 11.5 Å². The zero-order valence-corrected chi connectivity index (χ0v) is 10.3. The quantitative estimate of drug-likeness (QED) is 0.796. The lowest BCUT2D eigenvalue weighted by Gasteiger charge is -2.35. The number of aromatic nitrogens is 2. The van der Waals surface area contributed by atoms with Crippen molar-refractivity contribution in [3.63, 3.8) is 0 Å². The Morgan fingerprint density at radius 2 is 2.33 bits per heavy atom. The number of likely N-dealkylation sites (tertiary alicyclic amines) is 1. The summed E-state index contributed by atoms with van der Waals surface area (Å²) in [5.41, 5.74) is 5.57. The van der Waals surface area contributed by atoms with E-state index in [1.807, 2.05) is 4.90 Å². The molecule has 2 heterocycles. The zero-order chi connectivity index (χ0) is 13.0. The summed E-state index contributed by atoms with van der Waals surface area (Å²) in [6.45, 7) is 1.32. The SMILES string of the molecule is NCCC1CCCCN1C(=O)c1ccc(=O)[nH]n1. The number of carbonyl (C=O) groups excluding carboxylic acids is 1. The van der Waals surface area contributed by atoms with Gasteiger partial charge in [0.1, 0.15) is 5.69 Å². The molecule has 6 heteroatoms. The number of hydrogen-bond donors (Lipinski definition) is 2. The molecule has 1 aromatic rings. The number of nitrogens with two attached hydrogens (primary N) is 1. The first-order valence-corrected chi connectivity index (χ1v) is 6.29. The molecule has 1 aliphatic heterocycles. The lowest BCUT2D eigenvalue weighted by molar-refractivity contribution is 0.0597. The van der Waals surface area contributed by atoms with E-state index in [2.05, 4.69) is 10.2 Å². The molecule has 18 heavy (non-hydrogen) atoms. The molecule has 1 aromatic heterocycles. The average Bonchev–Trinajstić information content (AvgIpc) is 2.40. The number of aromatic amines is 1. The molecule has 6 nitrogen and oxygen atoms in total. The van der Waals surface area contributed by atoms with Crippen molar-refractivity contribution in [2.75, 3.05) is 13.1 Å². The van der Waals surface area contributed by atoms with Gasteiger partial charge in [-0.15, -0.1) is 0 Å². The lowest BCUT2D eigenvalue weighted by Crippen LogP contribution is -2.45. The van der Waals surface area contributed by atoms with Gasteiger partial charge in [0.2, 0.25) is 0 Å². The van der Waals surface area contributed by atoms with Crippen LogP contribution in [0.2, 0.25) is 0 Å². The van der Waals surface area contributed by atoms with Crippen LogP contribution in [0.3, 0.4) is 0 Å². The largest absolute Gasteiger partial charge is 0.334 e. The summed E-state index contributed by atoms with van der Waals surface area (Å²) in [5, 5.41) is 6.08. The first-order chi connectivity index (χ1) is 8.72. The molecule has 1 unspecified atom stereocenters. The van der Waals surface area contributed by atoms with Crippen molar-refractivity contribution in [2.45, 2.75) is 31.7 Å². The van der Waals surface area contributed by atoms with Gasteiger partial charge in [0.15, 0.2) is 0 Å². The van der Waals surface area contributed by atoms with Crippen LogP contribution in [0.4, 0.5) is 0 Å². The molecule has 0 aromatic carbocycles. The van der Waals surface area contributed by atoms with Gasteiger partial charge >= 0.3 is 0 Å². The van der Waals surface area contributed by atoms with Crippen molar-refractivity contribution in [3.8, 4) is 0 Å². The van der Waals surface area contributed by atoms with Gasteiger partial charge in [-0.1, -0.05) is 0 Å². The Hall–Kier alpha value is -1.69. The van der Waals surface area contributed by atoms with Crippen molar-refractivity contribution < 1.29 is 4.79 Å². The molecule has 0 bridgehead atoms. The summed E-state index contributed by atoms with van der Waals surface area (Å²) in [6, 6.07) is 2.99. The maximum atomic E-state index is 12.3. The molecule has 1 amide bonds. The molecule has 1 atom stereocenters. The maximum absolute atomic E-state index is 12.3. The van der Waals surface area contributed by atoms with E-state index in [0.717, 1.165) is 32.2 Å². The minimum absolute atomic E-state index is 0.121. The lowest BCUT2D eigenvalue weighted by atomic mass is 9.99. The normalized spacial score (nSPS) is 19.8. The smallest absolute Gasteiger partial charge is 0.274 e. The first-order valence-electron chi connectivity index (χ1n) is 6.29. The molecule has 2 rings (SSSR count). The number of H-pyrrole nitrogens is 1. The third-order valence-corrected chi connectivity index (χ3v) is 3.29. The summed E-state index contributed by atoms with van der Waals surface area (Å²) in [5.74, 6) is -0.121. The molecule has 3 N–H and O–H groups in total. The fourth-order valence-electron chi connectivity index (χ4n) is 2.37. The van der Waals surface area contributed by atoms with Crippen molar-refractivity contribution in [2.24, 2.45) is 5.73 Å². The van der Waals surface area contributed by atoms with Gasteiger partial charge in [-0.2, -0.15) is 5.10 Å². The predicted molar refractivity (Wildman–Crippen MR) is 67.2 cm³/mol. The van der Waals surface area contributed by atoms with Crippen LogP contribution in [0.1, 0.15) is 36.2 Å². The molecule has 1 fully saturated rings. The van der Waals surface area contributed by atoms with E-state index in [0.29, 0.717) is 12.2 Å². The van der Waals surface area contributed by atoms with Gasteiger partial charge in [0.05, 0.1) is 0 Å². The highest BCUT2D eigenvalue weighted by Gasteiger charge is 2.27. The minimum Gasteiger partial charge on any atom is -0.334 e. The Labute approximate surface area is 105 Å². The number of amides is 1. The van der Waals surface area contributed by atoms with Crippen LogP contribution in [0, 0.1) is 0 Å². The van der Waals surface area contributed by atoms with Gasteiger partial charge in [-0.25, -0.2) is 5.10 Å². The van der Waals surface area contributed by atoms with E-state index in [1.165, 1.54) is 12.1 Å². The van der Waals surface area contributed by atoms with Gasteiger partial charge in [-0.05, 0) is 38.3 Å². The van der Waals surface area contributed by atoms with Crippen LogP contribution >= 0.6 is 0 Å². The number of rotatable bonds is 3. The molecule has 0 radical (unpaired) electrons. The minimum atomic E-state index is -0.302. The van der Waals surface area contributed by atoms with E-state index in [4.69, 9.17) is 5.73 Å². The second kappa shape index (κ2) is 5.77. The van der Waals surface area contributed by atoms with E-state index in [1.54, 1.807) is 0 Å². The number of nitrogens with zero attached hydrogens (tertiary/aromatic N) is 2. The second-order valence-corrected chi connectivity index (χ2v) is 4.53. The van der Waals surface area contributed by atoms with Gasteiger partial charge < -0.3 is 10.6 Å². The van der Waals surface area contributed by atoms with Gasteiger partial charge in [-0.3, -0.25) is 9.59 Å². The van der Waals surface area contributed by atoms with Crippen LogP contribution < -0.4 is 11.3 Å². The molecule has 98 valence electrons. The molecule has 0 spiro atoms. The second-order valence-electron chi connectivity index (χ2n) is 4.53. The standard InChI is InChI=1S/C12H18N4O2/c13-7-6-9-3-1-2-8-16(9)12(18)10-4-5-11(17)15-14-10/h4-5,9H,1-3,6-8,13H2,(H,15,17). The monoisotopic (exact) mass is 250 g/mol. The van der Waals surface area contributed by atoms with Crippen LogP contribution in [-0.2, 0) is 0 Å².